The molecule has 0 heterocycles. The molecule has 2 saturated carbocycles. The molecule has 17 heavy (non-hydrogen) atoms. The molecule has 0 aromatic rings. The summed E-state index contributed by atoms with van der Waals surface area (Å²) in [6.07, 6.45) is 9.63. The fourth-order valence-electron chi connectivity index (χ4n) is 2.74. The van der Waals surface area contributed by atoms with Gasteiger partial charge in [-0.25, -0.2) is 0 Å². The van der Waals surface area contributed by atoms with E-state index >= 15 is 0 Å². The van der Waals surface area contributed by atoms with Crippen LogP contribution in [0.5, 0.6) is 0 Å². The summed E-state index contributed by atoms with van der Waals surface area (Å²) in [5.41, 5.74) is 0.568. The topological polar surface area (TPSA) is 21.3 Å². The van der Waals surface area contributed by atoms with Gasteiger partial charge in [-0.3, -0.25) is 0 Å². The van der Waals surface area contributed by atoms with E-state index in [2.05, 4.69) is 19.2 Å². The molecule has 2 aliphatic carbocycles. The van der Waals surface area contributed by atoms with Crippen LogP contribution in [-0.4, -0.2) is 25.8 Å². The van der Waals surface area contributed by atoms with E-state index in [1.54, 1.807) is 0 Å². The van der Waals surface area contributed by atoms with Crippen LogP contribution in [-0.2, 0) is 4.74 Å². The maximum atomic E-state index is 5.66. The first-order valence-corrected chi connectivity index (χ1v) is 7.47. The molecule has 0 aliphatic heterocycles. The molecule has 2 heteroatoms. The van der Waals surface area contributed by atoms with Crippen molar-refractivity contribution in [1.82, 2.24) is 5.32 Å². The lowest BCUT2D eigenvalue weighted by Crippen LogP contribution is -2.31. The van der Waals surface area contributed by atoms with Gasteiger partial charge in [-0.1, -0.05) is 20.3 Å². The average Bonchev–Trinajstić information content (AvgIpc) is 3.08. The second-order valence-corrected chi connectivity index (χ2v) is 6.76. The maximum absolute atomic E-state index is 5.66. The predicted octanol–water partition coefficient (Wildman–Crippen LogP) is 3.36. The van der Waals surface area contributed by atoms with Crippen LogP contribution < -0.4 is 5.32 Å². The predicted molar refractivity (Wildman–Crippen MR) is 72.2 cm³/mol. The van der Waals surface area contributed by atoms with Crippen molar-refractivity contribution < 1.29 is 4.74 Å². The van der Waals surface area contributed by atoms with Crippen molar-refractivity contribution in [1.29, 1.82) is 0 Å². The van der Waals surface area contributed by atoms with Gasteiger partial charge in [0, 0.05) is 19.2 Å². The monoisotopic (exact) mass is 239 g/mol. The fourth-order valence-corrected chi connectivity index (χ4v) is 2.74. The van der Waals surface area contributed by atoms with Gasteiger partial charge in [0.25, 0.3) is 0 Å². The van der Waals surface area contributed by atoms with Crippen LogP contribution in [0, 0.1) is 11.3 Å². The first-order chi connectivity index (χ1) is 8.16. The highest BCUT2D eigenvalue weighted by Crippen LogP contribution is 2.33. The molecule has 0 radical (unpaired) electrons. The summed E-state index contributed by atoms with van der Waals surface area (Å²) >= 11 is 0. The van der Waals surface area contributed by atoms with Crippen LogP contribution in [0.25, 0.3) is 0 Å². The van der Waals surface area contributed by atoms with E-state index in [4.69, 9.17) is 4.74 Å². The van der Waals surface area contributed by atoms with Crippen LogP contribution in [0.4, 0.5) is 0 Å². The van der Waals surface area contributed by atoms with E-state index in [-0.39, 0.29) is 0 Å². The molecule has 2 aliphatic rings. The number of ether oxygens (including phenoxy) is 1. The molecule has 2 nitrogen and oxygen atoms in total. The molecular formula is C15H29NO. The van der Waals surface area contributed by atoms with Gasteiger partial charge >= 0.3 is 0 Å². The molecule has 1 unspecified atom stereocenters. The van der Waals surface area contributed by atoms with Crippen LogP contribution in [0.15, 0.2) is 0 Å². The normalized spacial score (nSPS) is 28.9. The van der Waals surface area contributed by atoms with Crippen molar-refractivity contribution in [3.63, 3.8) is 0 Å². The van der Waals surface area contributed by atoms with Gasteiger partial charge < -0.3 is 10.1 Å². The van der Waals surface area contributed by atoms with Crippen molar-refractivity contribution in [2.24, 2.45) is 11.3 Å². The highest BCUT2D eigenvalue weighted by atomic mass is 16.5. The van der Waals surface area contributed by atoms with E-state index in [0.717, 1.165) is 31.7 Å². The van der Waals surface area contributed by atoms with E-state index in [9.17, 15) is 0 Å². The zero-order valence-electron chi connectivity index (χ0n) is 11.6. The lowest BCUT2D eigenvalue weighted by molar-refractivity contribution is 0.123. The Morgan fingerprint density at radius 3 is 2.71 bits per heavy atom. The smallest absolute Gasteiger partial charge is 0.0591 e. The number of hydrogen-bond acceptors (Lipinski definition) is 2. The van der Waals surface area contributed by atoms with E-state index in [1.807, 2.05) is 0 Å². The first kappa shape index (κ1) is 13.4. The molecule has 1 atom stereocenters. The van der Waals surface area contributed by atoms with E-state index in [0.29, 0.717) is 5.41 Å². The van der Waals surface area contributed by atoms with Gasteiger partial charge in [0.2, 0.25) is 0 Å². The summed E-state index contributed by atoms with van der Waals surface area (Å²) in [7, 11) is 0. The third-order valence-electron chi connectivity index (χ3n) is 4.31. The molecule has 0 saturated heterocycles. The zero-order valence-corrected chi connectivity index (χ0v) is 11.6. The molecule has 2 rings (SSSR count). The highest BCUT2D eigenvalue weighted by molar-refractivity contribution is 4.79. The maximum Gasteiger partial charge on any atom is 0.0591 e. The number of nitrogens with one attached hydrogen (secondary N) is 1. The molecule has 0 aromatic heterocycles. The quantitative estimate of drug-likeness (QED) is 0.567. The highest BCUT2D eigenvalue weighted by Gasteiger charge is 2.24. The molecule has 0 aromatic carbocycles. The Kier molecular flexibility index (Phi) is 4.87. The standard InChI is InChI=1S/C15H29NO/c1-15(2)8-3-4-14(7-9-15)16-10-11-17-12-13-5-6-13/h13-14,16H,3-12H2,1-2H3. The van der Waals surface area contributed by atoms with E-state index < -0.39 is 0 Å². The summed E-state index contributed by atoms with van der Waals surface area (Å²) in [5.74, 6) is 0.897. The first-order valence-electron chi connectivity index (χ1n) is 7.47. The summed E-state index contributed by atoms with van der Waals surface area (Å²) < 4.78 is 5.66. The van der Waals surface area contributed by atoms with Gasteiger partial charge in [0.15, 0.2) is 0 Å². The SMILES string of the molecule is CC1(C)CCCC(NCCOCC2CC2)CC1. The number of rotatable bonds is 6. The van der Waals surface area contributed by atoms with Gasteiger partial charge in [0.1, 0.15) is 0 Å². The molecule has 2 fully saturated rings. The summed E-state index contributed by atoms with van der Waals surface area (Å²) in [6.45, 7) is 7.76. The second kappa shape index (κ2) is 6.19. The van der Waals surface area contributed by atoms with Crippen molar-refractivity contribution in [2.45, 2.75) is 64.8 Å². The third-order valence-corrected chi connectivity index (χ3v) is 4.31. The molecule has 0 bridgehead atoms. The third kappa shape index (κ3) is 5.39. The summed E-state index contributed by atoms with van der Waals surface area (Å²) in [6, 6.07) is 0.737. The second-order valence-electron chi connectivity index (χ2n) is 6.76. The Bertz CT molecular complexity index is 223. The van der Waals surface area contributed by atoms with Crippen LogP contribution in [0.1, 0.15) is 58.8 Å². The lowest BCUT2D eigenvalue weighted by Gasteiger charge is -2.22. The van der Waals surface area contributed by atoms with Gasteiger partial charge in [0.05, 0.1) is 6.61 Å². The van der Waals surface area contributed by atoms with Gasteiger partial charge in [-0.2, -0.15) is 0 Å². The average molecular weight is 239 g/mol. The van der Waals surface area contributed by atoms with Crippen LogP contribution in [0.3, 0.4) is 0 Å². The van der Waals surface area contributed by atoms with Gasteiger partial charge in [-0.15, -0.1) is 0 Å². The Hall–Kier alpha value is -0.0800. The van der Waals surface area contributed by atoms with Crippen molar-refractivity contribution in [3.05, 3.63) is 0 Å². The Balaban J connectivity index is 1.52. The molecule has 0 amide bonds. The number of hydrogen-bond donors (Lipinski definition) is 1. The van der Waals surface area contributed by atoms with E-state index in [1.165, 1.54) is 44.9 Å². The molecular weight excluding hydrogens is 210 g/mol. The largest absolute Gasteiger partial charge is 0.380 e. The lowest BCUT2D eigenvalue weighted by atomic mass is 9.85. The minimum atomic E-state index is 0.568. The Morgan fingerprint density at radius 2 is 1.94 bits per heavy atom. The van der Waals surface area contributed by atoms with Crippen molar-refractivity contribution in [2.75, 3.05) is 19.8 Å². The minimum absolute atomic E-state index is 0.568. The summed E-state index contributed by atoms with van der Waals surface area (Å²) in [5, 5.41) is 3.67. The minimum Gasteiger partial charge on any atom is -0.380 e. The molecule has 100 valence electrons. The van der Waals surface area contributed by atoms with Crippen LogP contribution >= 0.6 is 0 Å². The van der Waals surface area contributed by atoms with Gasteiger partial charge in [-0.05, 0) is 49.9 Å². The van der Waals surface area contributed by atoms with Crippen molar-refractivity contribution >= 4 is 0 Å². The Labute approximate surface area is 107 Å². The summed E-state index contributed by atoms with van der Waals surface area (Å²) in [4.78, 5) is 0. The Morgan fingerprint density at radius 1 is 1.12 bits per heavy atom. The van der Waals surface area contributed by atoms with Crippen molar-refractivity contribution in [3.8, 4) is 0 Å². The van der Waals surface area contributed by atoms with Crippen LogP contribution in [0.2, 0.25) is 0 Å². The molecule has 1 N–H and O–H groups in total. The molecule has 0 spiro atoms. The fraction of sp³-hybridized carbons (Fsp3) is 1.00. The zero-order chi connectivity index (χ0) is 12.1.